The van der Waals surface area contributed by atoms with Crippen LogP contribution >= 0.6 is 0 Å². The fourth-order valence-electron chi connectivity index (χ4n) is 4.83. The van der Waals surface area contributed by atoms with Gasteiger partial charge in [0.1, 0.15) is 0 Å². The van der Waals surface area contributed by atoms with Crippen LogP contribution in [-0.2, 0) is 16.0 Å². The summed E-state index contributed by atoms with van der Waals surface area (Å²) in [7, 11) is 2.10. The molecule has 1 amide bonds. The highest BCUT2D eigenvalue weighted by atomic mass is 16.2. The maximum atomic E-state index is 14.0. The number of likely N-dealkylation sites (N-methyl/N-ethyl adjacent to an activating group) is 1. The number of carbonyl (C=O) groups excluding carboxylic acids is 2. The SMILES string of the molecule is CC(=O)[C@@H]1C[C@H](N(C)CCc2ccccc2)CN1C(=O)C(c1ccccc1)c1ccccc1. The predicted molar refractivity (Wildman–Crippen MR) is 132 cm³/mol. The van der Waals surface area contributed by atoms with Crippen molar-refractivity contribution >= 4 is 11.7 Å². The van der Waals surface area contributed by atoms with Crippen molar-refractivity contribution < 1.29 is 9.59 Å². The van der Waals surface area contributed by atoms with Crippen LogP contribution < -0.4 is 0 Å². The summed E-state index contributed by atoms with van der Waals surface area (Å²) in [6, 6.07) is 30.0. The summed E-state index contributed by atoms with van der Waals surface area (Å²) in [6.07, 6.45) is 1.63. The standard InChI is InChI=1S/C29H32N2O2/c1-22(32)27-20-26(30(2)19-18-23-12-6-3-7-13-23)21-31(27)29(33)28(24-14-8-4-9-15-24)25-16-10-5-11-17-25/h3-17,26-28H,18-21H2,1-2H3/t26-,27-/m0/s1. The van der Waals surface area contributed by atoms with E-state index < -0.39 is 5.92 Å². The molecule has 1 aliphatic rings. The van der Waals surface area contributed by atoms with Crippen molar-refractivity contribution in [2.45, 2.75) is 37.8 Å². The largest absolute Gasteiger partial charge is 0.330 e. The fourth-order valence-corrected chi connectivity index (χ4v) is 4.83. The third kappa shape index (κ3) is 5.40. The molecule has 1 fully saturated rings. The van der Waals surface area contributed by atoms with Gasteiger partial charge in [-0.1, -0.05) is 91.0 Å². The number of amides is 1. The Bertz CT molecular complexity index is 1010. The third-order valence-electron chi connectivity index (χ3n) is 6.76. The van der Waals surface area contributed by atoms with E-state index in [2.05, 4.69) is 36.2 Å². The van der Waals surface area contributed by atoms with Gasteiger partial charge in [0.25, 0.3) is 0 Å². The first-order valence-corrected chi connectivity index (χ1v) is 11.7. The lowest BCUT2D eigenvalue weighted by Crippen LogP contribution is -2.43. The Morgan fingerprint density at radius 1 is 0.879 bits per heavy atom. The van der Waals surface area contributed by atoms with Crippen molar-refractivity contribution in [1.82, 2.24) is 9.80 Å². The van der Waals surface area contributed by atoms with Gasteiger partial charge in [0.15, 0.2) is 5.78 Å². The first-order chi connectivity index (χ1) is 16.0. The van der Waals surface area contributed by atoms with Gasteiger partial charge < -0.3 is 9.80 Å². The average Bonchev–Trinajstić information content (AvgIpc) is 3.31. The molecule has 2 atom stereocenters. The van der Waals surface area contributed by atoms with Gasteiger partial charge in [-0.25, -0.2) is 0 Å². The minimum absolute atomic E-state index is 0.00607. The Labute approximate surface area is 196 Å². The highest BCUT2D eigenvalue weighted by Gasteiger charge is 2.42. The Balaban J connectivity index is 1.55. The number of likely N-dealkylation sites (tertiary alicyclic amines) is 1. The molecule has 1 saturated heterocycles. The second-order valence-electron chi connectivity index (χ2n) is 8.98. The number of ketones is 1. The summed E-state index contributed by atoms with van der Waals surface area (Å²) in [4.78, 5) is 30.7. The zero-order valence-corrected chi connectivity index (χ0v) is 19.4. The predicted octanol–water partition coefficient (Wildman–Crippen LogP) is 4.55. The maximum absolute atomic E-state index is 14.0. The Morgan fingerprint density at radius 2 is 1.39 bits per heavy atom. The molecule has 0 N–H and O–H groups in total. The average molecular weight is 441 g/mol. The van der Waals surface area contributed by atoms with Crippen molar-refractivity contribution in [2.75, 3.05) is 20.1 Å². The van der Waals surface area contributed by atoms with E-state index in [0.29, 0.717) is 13.0 Å². The second-order valence-corrected chi connectivity index (χ2v) is 8.98. The van der Waals surface area contributed by atoms with Gasteiger partial charge >= 0.3 is 0 Å². The van der Waals surface area contributed by atoms with Gasteiger partial charge in [-0.05, 0) is 43.5 Å². The van der Waals surface area contributed by atoms with Crippen LogP contribution in [-0.4, -0.2) is 53.7 Å². The van der Waals surface area contributed by atoms with Gasteiger partial charge in [0.05, 0.1) is 12.0 Å². The quantitative estimate of drug-likeness (QED) is 0.516. The van der Waals surface area contributed by atoms with Gasteiger partial charge in [-0.2, -0.15) is 0 Å². The summed E-state index contributed by atoms with van der Waals surface area (Å²) in [6.45, 7) is 3.07. The molecule has 1 heterocycles. The summed E-state index contributed by atoms with van der Waals surface area (Å²) < 4.78 is 0. The molecule has 0 unspecified atom stereocenters. The maximum Gasteiger partial charge on any atom is 0.235 e. The molecule has 0 spiro atoms. The molecular formula is C29H32N2O2. The molecule has 4 rings (SSSR count). The van der Waals surface area contributed by atoms with E-state index in [0.717, 1.165) is 24.1 Å². The number of nitrogens with zero attached hydrogens (tertiary/aromatic N) is 2. The van der Waals surface area contributed by atoms with E-state index in [4.69, 9.17) is 0 Å². The first-order valence-electron chi connectivity index (χ1n) is 11.7. The highest BCUT2D eigenvalue weighted by Crippen LogP contribution is 2.31. The van der Waals surface area contributed by atoms with Gasteiger partial charge in [0.2, 0.25) is 5.91 Å². The fraction of sp³-hybridized carbons (Fsp3) is 0.310. The van der Waals surface area contributed by atoms with Gasteiger partial charge in [0, 0.05) is 19.1 Å². The zero-order valence-electron chi connectivity index (χ0n) is 19.4. The monoisotopic (exact) mass is 440 g/mol. The Kier molecular flexibility index (Phi) is 7.36. The lowest BCUT2D eigenvalue weighted by atomic mass is 9.89. The van der Waals surface area contributed by atoms with E-state index in [1.54, 1.807) is 6.92 Å². The number of carbonyl (C=O) groups is 2. The molecule has 0 bridgehead atoms. The summed E-state index contributed by atoms with van der Waals surface area (Å²) >= 11 is 0. The lowest BCUT2D eigenvalue weighted by Gasteiger charge is -2.29. The topological polar surface area (TPSA) is 40.6 Å². The van der Waals surface area contributed by atoms with Crippen LogP contribution in [0.5, 0.6) is 0 Å². The van der Waals surface area contributed by atoms with Crippen LogP contribution in [0.4, 0.5) is 0 Å². The molecule has 33 heavy (non-hydrogen) atoms. The van der Waals surface area contributed by atoms with Crippen molar-refractivity contribution in [3.63, 3.8) is 0 Å². The second kappa shape index (κ2) is 10.6. The van der Waals surface area contributed by atoms with E-state index >= 15 is 0 Å². The highest BCUT2D eigenvalue weighted by molar-refractivity contribution is 5.93. The number of benzene rings is 3. The first kappa shape index (κ1) is 22.9. The minimum atomic E-state index is -0.414. The number of hydrogen-bond donors (Lipinski definition) is 0. The van der Waals surface area contributed by atoms with Crippen LogP contribution in [0.3, 0.4) is 0 Å². The van der Waals surface area contributed by atoms with E-state index in [9.17, 15) is 9.59 Å². The number of Topliss-reactive ketones (excluding diaryl/α,β-unsaturated/α-hetero) is 1. The minimum Gasteiger partial charge on any atom is -0.330 e. The van der Waals surface area contributed by atoms with E-state index in [1.807, 2.05) is 71.6 Å². The van der Waals surface area contributed by atoms with Crippen LogP contribution in [0, 0.1) is 0 Å². The number of hydrogen-bond acceptors (Lipinski definition) is 3. The molecule has 4 heteroatoms. The Hall–Kier alpha value is -3.24. The molecule has 3 aromatic carbocycles. The lowest BCUT2D eigenvalue weighted by molar-refractivity contribution is -0.137. The van der Waals surface area contributed by atoms with Crippen LogP contribution in [0.1, 0.15) is 36.0 Å². The molecule has 0 aromatic heterocycles. The van der Waals surface area contributed by atoms with Gasteiger partial charge in [-0.3, -0.25) is 9.59 Å². The molecule has 170 valence electrons. The molecule has 0 radical (unpaired) electrons. The summed E-state index contributed by atoms with van der Waals surface area (Å²) in [5, 5.41) is 0. The molecule has 0 saturated carbocycles. The van der Waals surface area contributed by atoms with Crippen molar-refractivity contribution in [2.24, 2.45) is 0 Å². The third-order valence-corrected chi connectivity index (χ3v) is 6.76. The molecule has 0 aliphatic carbocycles. The van der Waals surface area contributed by atoms with Crippen molar-refractivity contribution in [3.8, 4) is 0 Å². The van der Waals surface area contributed by atoms with Crippen LogP contribution in [0.25, 0.3) is 0 Å². The van der Waals surface area contributed by atoms with Crippen molar-refractivity contribution in [3.05, 3.63) is 108 Å². The molecule has 3 aromatic rings. The van der Waals surface area contributed by atoms with Crippen LogP contribution in [0.15, 0.2) is 91.0 Å². The molecular weight excluding hydrogens is 408 g/mol. The zero-order chi connectivity index (χ0) is 23.2. The van der Waals surface area contributed by atoms with E-state index in [-0.39, 0.29) is 23.8 Å². The van der Waals surface area contributed by atoms with E-state index in [1.165, 1.54) is 5.56 Å². The number of rotatable bonds is 8. The Morgan fingerprint density at radius 3 is 1.91 bits per heavy atom. The molecule has 1 aliphatic heterocycles. The summed E-state index contributed by atoms with van der Waals surface area (Å²) in [5.41, 5.74) is 3.21. The van der Waals surface area contributed by atoms with Crippen LogP contribution in [0.2, 0.25) is 0 Å². The molecule has 4 nitrogen and oxygen atoms in total. The van der Waals surface area contributed by atoms with Gasteiger partial charge in [-0.15, -0.1) is 0 Å². The van der Waals surface area contributed by atoms with Crippen molar-refractivity contribution in [1.29, 1.82) is 0 Å². The smallest absolute Gasteiger partial charge is 0.235 e. The summed E-state index contributed by atoms with van der Waals surface area (Å²) in [5.74, 6) is -0.351. The normalized spacial score (nSPS) is 18.1.